The summed E-state index contributed by atoms with van der Waals surface area (Å²) in [5.74, 6) is -0.301. The minimum atomic E-state index is -0.654. The fraction of sp³-hybridized carbons (Fsp3) is 0.333. The van der Waals surface area contributed by atoms with Gasteiger partial charge in [-0.25, -0.2) is 4.39 Å². The van der Waals surface area contributed by atoms with Gasteiger partial charge in [-0.05, 0) is 33.1 Å². The van der Waals surface area contributed by atoms with E-state index < -0.39 is 12.1 Å². The number of aliphatic hydroxyl groups is 1. The van der Waals surface area contributed by atoms with Gasteiger partial charge in [0.1, 0.15) is 5.82 Å². The second kappa shape index (κ2) is 3.04. The topological polar surface area (TPSA) is 46.2 Å². The Kier molecular flexibility index (Phi) is 2.14. The molecule has 70 valence electrons. The Morgan fingerprint density at radius 2 is 2.23 bits per heavy atom. The van der Waals surface area contributed by atoms with Crippen LogP contribution in [0.2, 0.25) is 0 Å². The van der Waals surface area contributed by atoms with E-state index in [1.807, 2.05) is 0 Å². The minimum absolute atomic E-state index is 0.301. The number of hydrogen-bond acceptors (Lipinski definition) is 2. The Bertz CT molecular complexity index is 356. The lowest BCUT2D eigenvalue weighted by atomic mass is 10.1. The van der Waals surface area contributed by atoms with Gasteiger partial charge in [-0.15, -0.1) is 0 Å². The Morgan fingerprint density at radius 3 is 2.92 bits per heavy atom. The molecule has 0 aromatic heterocycles. The average Bonchev–Trinajstić information content (AvgIpc) is 2.38. The van der Waals surface area contributed by atoms with Gasteiger partial charge in [0, 0.05) is 6.42 Å². The van der Waals surface area contributed by atoms with Crippen molar-refractivity contribution in [1.29, 1.82) is 0 Å². The van der Waals surface area contributed by atoms with Gasteiger partial charge in [-0.1, -0.05) is 6.07 Å². The van der Waals surface area contributed by atoms with E-state index in [1.54, 1.807) is 12.1 Å². The maximum Gasteiger partial charge on any atom is 0.140 e. The molecule has 0 heterocycles. The van der Waals surface area contributed by atoms with Crippen LogP contribution in [0.3, 0.4) is 0 Å². The van der Waals surface area contributed by atoms with Crippen molar-refractivity contribution in [2.24, 2.45) is 5.73 Å². The van der Waals surface area contributed by atoms with Crippen LogP contribution in [0.4, 0.5) is 4.39 Å². The van der Waals surface area contributed by atoms with E-state index in [9.17, 15) is 9.50 Å². The van der Waals surface area contributed by atoms with Gasteiger partial charge in [-0.2, -0.15) is 0 Å². The van der Waals surface area contributed by atoms with Crippen LogP contribution in [0, 0.1) is 5.82 Å². The Hall–Kier alpha value is -0.450. The van der Waals surface area contributed by atoms with Gasteiger partial charge in [0.2, 0.25) is 0 Å². The fourth-order valence-electron chi connectivity index (χ4n) is 1.67. The van der Waals surface area contributed by atoms with Gasteiger partial charge >= 0.3 is 0 Å². The summed E-state index contributed by atoms with van der Waals surface area (Å²) in [5.41, 5.74) is 6.93. The van der Waals surface area contributed by atoms with Crippen molar-refractivity contribution in [2.45, 2.75) is 18.6 Å². The van der Waals surface area contributed by atoms with Crippen molar-refractivity contribution >= 4 is 15.9 Å². The Morgan fingerprint density at radius 1 is 1.54 bits per heavy atom. The predicted molar refractivity (Wildman–Crippen MR) is 50.7 cm³/mol. The van der Waals surface area contributed by atoms with Crippen molar-refractivity contribution in [1.82, 2.24) is 0 Å². The molecule has 0 spiro atoms. The van der Waals surface area contributed by atoms with Crippen LogP contribution >= 0.6 is 15.9 Å². The van der Waals surface area contributed by atoms with E-state index >= 15 is 0 Å². The molecule has 0 saturated heterocycles. The van der Waals surface area contributed by atoms with E-state index in [0.717, 1.165) is 0 Å². The lowest BCUT2D eigenvalue weighted by Gasteiger charge is -2.08. The van der Waals surface area contributed by atoms with Gasteiger partial charge in [0.05, 0.1) is 16.6 Å². The fourth-order valence-corrected chi connectivity index (χ4v) is 2.04. The SMILES string of the molecule is N[C@H]1c2ccc(Br)c(F)c2C[C@H]1O. The van der Waals surface area contributed by atoms with Crippen LogP contribution in [-0.2, 0) is 6.42 Å². The van der Waals surface area contributed by atoms with Crippen molar-refractivity contribution in [3.63, 3.8) is 0 Å². The molecule has 0 fully saturated rings. The molecule has 1 aliphatic rings. The van der Waals surface area contributed by atoms with Crippen LogP contribution in [0.15, 0.2) is 16.6 Å². The van der Waals surface area contributed by atoms with Crippen molar-refractivity contribution in [2.75, 3.05) is 0 Å². The van der Waals surface area contributed by atoms with Gasteiger partial charge in [0.15, 0.2) is 0 Å². The molecule has 2 nitrogen and oxygen atoms in total. The molecule has 2 atom stereocenters. The van der Waals surface area contributed by atoms with Crippen LogP contribution < -0.4 is 5.73 Å². The first-order chi connectivity index (χ1) is 6.11. The minimum Gasteiger partial charge on any atom is -0.391 e. The highest BCUT2D eigenvalue weighted by atomic mass is 79.9. The van der Waals surface area contributed by atoms with E-state index in [1.165, 1.54) is 0 Å². The second-order valence-corrected chi connectivity index (χ2v) is 4.08. The summed E-state index contributed by atoms with van der Waals surface area (Å²) < 4.78 is 13.9. The molecule has 1 aromatic rings. The molecule has 4 heteroatoms. The van der Waals surface area contributed by atoms with E-state index in [-0.39, 0.29) is 5.82 Å². The molecular weight excluding hydrogens is 237 g/mol. The van der Waals surface area contributed by atoms with Crippen LogP contribution in [0.5, 0.6) is 0 Å². The molecule has 1 aromatic carbocycles. The van der Waals surface area contributed by atoms with Gasteiger partial charge < -0.3 is 10.8 Å². The first-order valence-electron chi connectivity index (χ1n) is 4.01. The highest BCUT2D eigenvalue weighted by molar-refractivity contribution is 9.10. The van der Waals surface area contributed by atoms with E-state index in [2.05, 4.69) is 15.9 Å². The van der Waals surface area contributed by atoms with Crippen LogP contribution in [-0.4, -0.2) is 11.2 Å². The lowest BCUT2D eigenvalue weighted by Crippen LogP contribution is -2.21. The molecule has 0 bridgehead atoms. The summed E-state index contributed by atoms with van der Waals surface area (Å²) in [6.45, 7) is 0. The largest absolute Gasteiger partial charge is 0.391 e. The highest BCUT2D eigenvalue weighted by Crippen LogP contribution is 2.34. The number of benzene rings is 1. The predicted octanol–water partition coefficient (Wildman–Crippen LogP) is 1.51. The third-order valence-electron chi connectivity index (χ3n) is 2.42. The Labute approximate surface area is 83.7 Å². The average molecular weight is 246 g/mol. The quantitative estimate of drug-likeness (QED) is 0.728. The third kappa shape index (κ3) is 1.29. The summed E-state index contributed by atoms with van der Waals surface area (Å²) >= 11 is 3.09. The highest BCUT2D eigenvalue weighted by Gasteiger charge is 2.30. The molecule has 0 amide bonds. The number of rotatable bonds is 0. The normalized spacial score (nSPS) is 26.2. The molecule has 2 rings (SSSR count). The zero-order valence-corrected chi connectivity index (χ0v) is 8.38. The second-order valence-electron chi connectivity index (χ2n) is 3.23. The molecule has 3 N–H and O–H groups in total. The van der Waals surface area contributed by atoms with Crippen LogP contribution in [0.1, 0.15) is 17.2 Å². The smallest absolute Gasteiger partial charge is 0.140 e. The first-order valence-corrected chi connectivity index (χ1v) is 4.81. The number of nitrogens with two attached hydrogens (primary N) is 1. The zero-order chi connectivity index (χ0) is 9.59. The van der Waals surface area contributed by atoms with Crippen molar-refractivity contribution < 1.29 is 9.50 Å². The molecule has 0 unspecified atom stereocenters. The maximum atomic E-state index is 13.4. The third-order valence-corrected chi connectivity index (χ3v) is 3.03. The number of aliphatic hydroxyl groups excluding tert-OH is 1. The lowest BCUT2D eigenvalue weighted by molar-refractivity contribution is 0.158. The van der Waals surface area contributed by atoms with Crippen molar-refractivity contribution in [3.8, 4) is 0 Å². The van der Waals surface area contributed by atoms with Gasteiger partial charge in [0.25, 0.3) is 0 Å². The van der Waals surface area contributed by atoms with E-state index in [0.29, 0.717) is 22.0 Å². The molecule has 0 saturated carbocycles. The molecule has 0 radical (unpaired) electrons. The van der Waals surface area contributed by atoms with Crippen molar-refractivity contribution in [3.05, 3.63) is 33.5 Å². The summed E-state index contributed by atoms with van der Waals surface area (Å²) in [6, 6.07) is 2.92. The summed E-state index contributed by atoms with van der Waals surface area (Å²) in [5, 5.41) is 9.43. The zero-order valence-electron chi connectivity index (χ0n) is 6.80. The number of halogens is 2. The standard InChI is InChI=1S/C9H9BrFNO/c10-6-2-1-4-5(8(6)11)3-7(13)9(4)12/h1-2,7,9,13H,3,12H2/t7-,9+/m1/s1. The van der Waals surface area contributed by atoms with Gasteiger partial charge in [-0.3, -0.25) is 0 Å². The Balaban J connectivity index is 2.57. The van der Waals surface area contributed by atoms with E-state index in [4.69, 9.17) is 5.73 Å². The summed E-state index contributed by atoms with van der Waals surface area (Å²) in [6.07, 6.45) is -0.347. The monoisotopic (exact) mass is 245 g/mol. The molecule has 13 heavy (non-hydrogen) atoms. The molecular formula is C9H9BrFNO. The van der Waals surface area contributed by atoms with Crippen LogP contribution in [0.25, 0.3) is 0 Å². The maximum absolute atomic E-state index is 13.4. The number of hydrogen-bond donors (Lipinski definition) is 2. The first kappa shape index (κ1) is 9.12. The number of fused-ring (bicyclic) bond motifs is 1. The molecule has 0 aliphatic heterocycles. The summed E-state index contributed by atoms with van der Waals surface area (Å²) in [4.78, 5) is 0. The summed E-state index contributed by atoms with van der Waals surface area (Å²) in [7, 11) is 0. The molecule has 1 aliphatic carbocycles.